The molecule has 0 aliphatic carbocycles. The van der Waals surface area contributed by atoms with Gasteiger partial charge in [0.1, 0.15) is 6.04 Å². The van der Waals surface area contributed by atoms with Gasteiger partial charge in [0.15, 0.2) is 0 Å². The minimum atomic E-state index is -0.973. The van der Waals surface area contributed by atoms with Gasteiger partial charge in [-0.15, -0.1) is 0 Å². The van der Waals surface area contributed by atoms with Crippen LogP contribution in [-0.2, 0) is 20.8 Å². The van der Waals surface area contributed by atoms with Gasteiger partial charge in [0, 0.05) is 13.3 Å². The van der Waals surface area contributed by atoms with Crippen LogP contribution in [0.25, 0.3) is 0 Å². The smallest absolute Gasteiger partial charge is 0.326 e. The lowest BCUT2D eigenvalue weighted by molar-refractivity contribution is -0.142. The first-order valence-electron chi connectivity index (χ1n) is 7.48. The van der Waals surface area contributed by atoms with Crippen molar-refractivity contribution in [1.82, 2.24) is 5.32 Å². The molecule has 0 heterocycles. The van der Waals surface area contributed by atoms with Gasteiger partial charge >= 0.3 is 11.9 Å². The third kappa shape index (κ3) is 16.3. The normalized spacial score (nSPS) is 10.2. The molecule has 144 valence electrons. The molecule has 6 heteroatoms. The Balaban J connectivity index is -0.000000359. The van der Waals surface area contributed by atoms with E-state index in [0.717, 1.165) is 5.56 Å². The molecule has 0 radical (unpaired) electrons. The molecule has 0 spiro atoms. The summed E-state index contributed by atoms with van der Waals surface area (Å²) in [6, 6.07) is 8.87. The van der Waals surface area contributed by atoms with Crippen molar-refractivity contribution in [1.29, 1.82) is 0 Å². The topological polar surface area (TPSA) is 104 Å². The Labute approximate surface area is 151 Å². The van der Waals surface area contributed by atoms with Crippen LogP contribution in [0.3, 0.4) is 0 Å². The molecule has 0 saturated carbocycles. The first kappa shape index (κ1) is 27.5. The second-order valence-electron chi connectivity index (χ2n) is 5.60. The second kappa shape index (κ2) is 15.2. The molecule has 0 fully saturated rings. The highest BCUT2D eigenvalue weighted by molar-refractivity contribution is 5.81. The quantitative estimate of drug-likeness (QED) is 0.693. The molecule has 1 amide bonds. The fourth-order valence-electron chi connectivity index (χ4n) is 1.83. The van der Waals surface area contributed by atoms with Crippen molar-refractivity contribution in [3.05, 3.63) is 35.9 Å². The molecule has 1 rings (SSSR count). The van der Waals surface area contributed by atoms with Gasteiger partial charge in [0.05, 0.1) is 0 Å². The van der Waals surface area contributed by atoms with Gasteiger partial charge in [-0.3, -0.25) is 9.59 Å². The van der Waals surface area contributed by atoms with E-state index in [4.69, 9.17) is 10.2 Å². The zero-order valence-electron chi connectivity index (χ0n) is 13.8. The van der Waals surface area contributed by atoms with E-state index < -0.39 is 18.0 Å². The highest BCUT2D eigenvalue weighted by atomic mass is 16.4. The van der Waals surface area contributed by atoms with Crippen LogP contribution >= 0.6 is 0 Å². The molecule has 1 atom stereocenters. The molecular formula is C19H33NO5. The minimum absolute atomic E-state index is 0. The fourth-order valence-corrected chi connectivity index (χ4v) is 1.83. The predicted molar refractivity (Wildman–Crippen MR) is 101 cm³/mol. The number of aryl methyl sites for hydroxylation is 1. The van der Waals surface area contributed by atoms with Gasteiger partial charge in [-0.2, -0.15) is 0 Å². The molecule has 25 heavy (non-hydrogen) atoms. The van der Waals surface area contributed by atoms with E-state index in [0.29, 0.717) is 12.8 Å². The number of carboxylic acid groups (broad SMARTS) is 2. The lowest BCUT2D eigenvalue weighted by Crippen LogP contribution is -2.40. The number of carboxylic acids is 2. The van der Waals surface area contributed by atoms with Gasteiger partial charge in [-0.05, 0) is 24.3 Å². The van der Waals surface area contributed by atoms with Crippen LogP contribution in [0.4, 0.5) is 0 Å². The van der Waals surface area contributed by atoms with Crippen LogP contribution < -0.4 is 5.32 Å². The molecule has 0 aliphatic heterocycles. The zero-order chi connectivity index (χ0) is 17.8. The van der Waals surface area contributed by atoms with Crippen LogP contribution in [0.15, 0.2) is 30.3 Å². The van der Waals surface area contributed by atoms with E-state index in [1.165, 1.54) is 6.92 Å². The molecule has 1 unspecified atom stereocenters. The Morgan fingerprint density at radius 3 is 1.92 bits per heavy atom. The summed E-state index contributed by atoms with van der Waals surface area (Å²) >= 11 is 0. The van der Waals surface area contributed by atoms with Crippen molar-refractivity contribution in [2.75, 3.05) is 0 Å². The van der Waals surface area contributed by atoms with Crippen molar-refractivity contribution in [3.63, 3.8) is 0 Å². The van der Waals surface area contributed by atoms with Crippen molar-refractivity contribution in [3.8, 4) is 0 Å². The maximum Gasteiger partial charge on any atom is 0.326 e. The molecule has 0 bridgehead atoms. The number of amides is 1. The lowest BCUT2D eigenvalue weighted by Gasteiger charge is -2.14. The first-order valence-corrected chi connectivity index (χ1v) is 7.48. The monoisotopic (exact) mass is 355 g/mol. The van der Waals surface area contributed by atoms with Crippen LogP contribution in [-0.4, -0.2) is 34.1 Å². The number of carbonyl (C=O) groups is 3. The summed E-state index contributed by atoms with van der Waals surface area (Å²) in [5.74, 6) is -1.76. The average molecular weight is 355 g/mol. The van der Waals surface area contributed by atoms with Crippen molar-refractivity contribution < 1.29 is 24.6 Å². The van der Waals surface area contributed by atoms with Gasteiger partial charge < -0.3 is 15.5 Å². The molecule has 1 aromatic carbocycles. The number of benzene rings is 1. The molecule has 0 aromatic heterocycles. The van der Waals surface area contributed by atoms with Gasteiger partial charge in [0.2, 0.25) is 5.91 Å². The second-order valence-corrected chi connectivity index (χ2v) is 5.60. The maximum atomic E-state index is 10.6. The van der Waals surface area contributed by atoms with Crippen molar-refractivity contribution in [2.45, 2.75) is 60.9 Å². The van der Waals surface area contributed by atoms with Crippen LogP contribution in [0.5, 0.6) is 0 Å². The fraction of sp³-hybridized carbons (Fsp3) is 0.526. The van der Waals surface area contributed by atoms with E-state index >= 15 is 0 Å². The standard InChI is InChI=1S/C9H10O2.C8H15NO3.2CH4/c10-9(11)7-6-8-4-2-1-3-5-8;1-5(2)4-7(8(11)12)9-6(3)10;;/h1-5H,6-7H2,(H,10,11);5,7H,4H2,1-3H3,(H,9,10)(H,11,12);2*1H4. The Kier molecular flexibility index (Phi) is 16.7. The molecule has 0 saturated heterocycles. The van der Waals surface area contributed by atoms with E-state index in [1.54, 1.807) is 0 Å². The third-order valence-electron chi connectivity index (χ3n) is 2.85. The third-order valence-corrected chi connectivity index (χ3v) is 2.85. The predicted octanol–water partition coefficient (Wildman–Crippen LogP) is 3.60. The maximum absolute atomic E-state index is 10.6. The van der Waals surface area contributed by atoms with Crippen molar-refractivity contribution >= 4 is 17.8 Å². The number of hydrogen-bond acceptors (Lipinski definition) is 3. The van der Waals surface area contributed by atoms with Crippen LogP contribution in [0, 0.1) is 5.92 Å². The summed E-state index contributed by atoms with van der Waals surface area (Å²) in [6.45, 7) is 5.14. The van der Waals surface area contributed by atoms with Gasteiger partial charge in [0.25, 0.3) is 0 Å². The molecule has 1 aromatic rings. The molecule has 0 aliphatic rings. The Morgan fingerprint density at radius 2 is 1.56 bits per heavy atom. The number of nitrogens with one attached hydrogen (secondary N) is 1. The zero-order valence-corrected chi connectivity index (χ0v) is 13.8. The Morgan fingerprint density at radius 1 is 1.04 bits per heavy atom. The summed E-state index contributed by atoms with van der Waals surface area (Å²) in [5.41, 5.74) is 1.08. The molecule has 6 nitrogen and oxygen atoms in total. The lowest BCUT2D eigenvalue weighted by atomic mass is 10.0. The summed E-state index contributed by atoms with van der Waals surface area (Å²) < 4.78 is 0. The highest BCUT2D eigenvalue weighted by Gasteiger charge is 2.18. The van der Waals surface area contributed by atoms with E-state index in [2.05, 4.69) is 5.32 Å². The summed E-state index contributed by atoms with van der Waals surface area (Å²) in [6.07, 6.45) is 1.30. The van der Waals surface area contributed by atoms with Crippen LogP contribution in [0.2, 0.25) is 0 Å². The number of aliphatic carboxylic acids is 2. The summed E-state index contributed by atoms with van der Waals surface area (Å²) in [7, 11) is 0. The Hall–Kier alpha value is -2.37. The number of rotatable bonds is 7. The Bertz CT molecular complexity index is 500. The largest absolute Gasteiger partial charge is 0.481 e. The van der Waals surface area contributed by atoms with Gasteiger partial charge in [-0.1, -0.05) is 59.0 Å². The van der Waals surface area contributed by atoms with Crippen molar-refractivity contribution in [2.24, 2.45) is 5.92 Å². The SMILES string of the molecule is C.C.CC(=O)NC(CC(C)C)C(=O)O.O=C(O)CCc1ccccc1. The molecule has 3 N–H and O–H groups in total. The highest BCUT2D eigenvalue weighted by Crippen LogP contribution is 2.04. The van der Waals surface area contributed by atoms with E-state index in [-0.39, 0.29) is 33.1 Å². The molecular weight excluding hydrogens is 322 g/mol. The summed E-state index contributed by atoms with van der Waals surface area (Å²) in [4.78, 5) is 31.3. The van der Waals surface area contributed by atoms with Crippen LogP contribution in [0.1, 0.15) is 54.0 Å². The van der Waals surface area contributed by atoms with Gasteiger partial charge in [-0.25, -0.2) is 4.79 Å². The average Bonchev–Trinajstić information content (AvgIpc) is 2.45. The van der Waals surface area contributed by atoms with E-state index in [9.17, 15) is 14.4 Å². The minimum Gasteiger partial charge on any atom is -0.481 e. The summed E-state index contributed by atoms with van der Waals surface area (Å²) in [5, 5.41) is 19.4. The van der Waals surface area contributed by atoms with E-state index in [1.807, 2.05) is 44.2 Å². The number of hydrogen-bond donors (Lipinski definition) is 3. The first-order chi connectivity index (χ1) is 10.7. The number of carbonyl (C=O) groups excluding carboxylic acids is 1.